The molecule has 0 amide bonds. The summed E-state index contributed by atoms with van der Waals surface area (Å²) in [5, 5.41) is 18.4. The largest absolute Gasteiger partial charge is 0.508 e. The van der Waals surface area contributed by atoms with Crippen LogP contribution in [0.25, 0.3) is 17.5 Å². The summed E-state index contributed by atoms with van der Waals surface area (Å²) >= 11 is 0. The lowest BCUT2D eigenvalue weighted by molar-refractivity contribution is 0.182. The smallest absolute Gasteiger partial charge is 0.162 e. The molecule has 0 fully saturated rings. The van der Waals surface area contributed by atoms with Gasteiger partial charge >= 0.3 is 0 Å². The summed E-state index contributed by atoms with van der Waals surface area (Å²) in [6.07, 6.45) is 9.46. The second-order valence-electron chi connectivity index (χ2n) is 5.19. The molecule has 0 aliphatic carbocycles. The Bertz CT molecular complexity index is 640. The molecule has 0 saturated carbocycles. The molecule has 1 unspecified atom stereocenters. The van der Waals surface area contributed by atoms with E-state index in [1.165, 1.54) is 12.1 Å². The minimum absolute atomic E-state index is 0.127. The maximum Gasteiger partial charge on any atom is 0.162 e. The van der Waals surface area contributed by atoms with Gasteiger partial charge in [-0.2, -0.15) is 0 Å². The van der Waals surface area contributed by atoms with Crippen molar-refractivity contribution in [3.05, 3.63) is 48.0 Å². The highest BCUT2D eigenvalue weighted by molar-refractivity contribution is 5.58. The number of allylic oxidation sites excluding steroid dienone is 1. The Morgan fingerprint density at radius 3 is 2.64 bits per heavy atom. The van der Waals surface area contributed by atoms with Crippen molar-refractivity contribution in [2.45, 2.75) is 32.3 Å². The molecule has 0 aliphatic heterocycles. The summed E-state index contributed by atoms with van der Waals surface area (Å²) in [6, 6.07) is 3.89. The summed E-state index contributed by atoms with van der Waals surface area (Å²) in [6.45, 7) is 1.78. The van der Waals surface area contributed by atoms with Crippen molar-refractivity contribution in [1.29, 1.82) is 0 Å². The van der Waals surface area contributed by atoms with E-state index in [0.717, 1.165) is 30.9 Å². The lowest BCUT2D eigenvalue weighted by Crippen LogP contribution is -1.97. The van der Waals surface area contributed by atoms with E-state index >= 15 is 0 Å². The highest BCUT2D eigenvalue weighted by Crippen LogP contribution is 2.22. The quantitative estimate of drug-likeness (QED) is 0.801. The third-order valence-corrected chi connectivity index (χ3v) is 3.17. The lowest BCUT2D eigenvalue weighted by Gasteiger charge is -2.03. The molecule has 1 atom stereocenters. The average molecular weight is 302 g/mol. The second-order valence-corrected chi connectivity index (χ2v) is 5.19. The van der Waals surface area contributed by atoms with Gasteiger partial charge in [0.15, 0.2) is 5.82 Å². The molecule has 0 aliphatic rings. The maximum atomic E-state index is 13.7. The third kappa shape index (κ3) is 4.63. The van der Waals surface area contributed by atoms with Crippen LogP contribution in [0.4, 0.5) is 4.39 Å². The first-order valence-electron chi connectivity index (χ1n) is 7.22. The van der Waals surface area contributed by atoms with Crippen LogP contribution in [0.5, 0.6) is 5.75 Å². The maximum absolute atomic E-state index is 13.7. The van der Waals surface area contributed by atoms with Crippen molar-refractivity contribution in [2.75, 3.05) is 0 Å². The minimum Gasteiger partial charge on any atom is -0.508 e. The minimum atomic E-state index is -0.554. The highest BCUT2D eigenvalue weighted by atomic mass is 19.1. The monoisotopic (exact) mass is 302 g/mol. The van der Waals surface area contributed by atoms with E-state index in [2.05, 4.69) is 9.97 Å². The van der Waals surface area contributed by atoms with Gasteiger partial charge in [-0.15, -0.1) is 0 Å². The number of aromatic nitrogens is 2. The molecule has 1 heterocycles. The zero-order valence-corrected chi connectivity index (χ0v) is 12.4. The Kier molecular flexibility index (Phi) is 5.61. The first-order valence-corrected chi connectivity index (χ1v) is 7.22. The molecule has 2 rings (SSSR count). The number of aromatic hydroxyl groups is 1. The topological polar surface area (TPSA) is 66.2 Å². The van der Waals surface area contributed by atoms with E-state index in [1.54, 1.807) is 19.3 Å². The van der Waals surface area contributed by atoms with Crippen molar-refractivity contribution in [1.82, 2.24) is 9.97 Å². The number of hydrogen-bond acceptors (Lipinski definition) is 4. The number of nitrogens with zero attached hydrogens (tertiary/aromatic N) is 2. The number of hydrogen-bond donors (Lipinski definition) is 2. The van der Waals surface area contributed by atoms with Crippen LogP contribution >= 0.6 is 0 Å². The van der Waals surface area contributed by atoms with Gasteiger partial charge in [-0.1, -0.05) is 12.2 Å². The molecule has 22 heavy (non-hydrogen) atoms. The van der Waals surface area contributed by atoms with Crippen LogP contribution < -0.4 is 0 Å². The standard InChI is InChI=1S/C17H19FN2O2/c1-12(21)5-3-2-4-6-13-10-19-17(20-11-13)15-8-7-14(22)9-16(15)18/h4,6-12,21-22H,2-3,5H2,1H3/b6-4+. The van der Waals surface area contributed by atoms with Crippen molar-refractivity contribution in [3.63, 3.8) is 0 Å². The van der Waals surface area contributed by atoms with E-state index < -0.39 is 5.82 Å². The number of rotatable bonds is 6. The SMILES string of the molecule is CC(O)CCC/C=C/c1cnc(-c2ccc(O)cc2F)nc1. The molecule has 1 aromatic carbocycles. The predicted molar refractivity (Wildman–Crippen MR) is 83.7 cm³/mol. The van der Waals surface area contributed by atoms with E-state index in [0.29, 0.717) is 0 Å². The Balaban J connectivity index is 1.99. The fraction of sp³-hybridized carbons (Fsp3) is 0.294. The third-order valence-electron chi connectivity index (χ3n) is 3.17. The summed E-state index contributed by atoms with van der Waals surface area (Å²) in [5.74, 6) is -0.400. The first kappa shape index (κ1) is 16.1. The van der Waals surface area contributed by atoms with Gasteiger partial charge < -0.3 is 10.2 Å². The van der Waals surface area contributed by atoms with Crippen LogP contribution in [0.2, 0.25) is 0 Å². The van der Waals surface area contributed by atoms with Crippen LogP contribution in [0, 0.1) is 5.82 Å². The van der Waals surface area contributed by atoms with Gasteiger partial charge in [-0.05, 0) is 38.3 Å². The van der Waals surface area contributed by atoms with Crippen LogP contribution in [0.15, 0.2) is 36.7 Å². The number of aliphatic hydroxyl groups excluding tert-OH is 1. The van der Waals surface area contributed by atoms with Gasteiger partial charge in [0.2, 0.25) is 0 Å². The van der Waals surface area contributed by atoms with Crippen LogP contribution in [-0.4, -0.2) is 26.3 Å². The van der Waals surface area contributed by atoms with E-state index in [1.807, 2.05) is 12.2 Å². The molecule has 4 nitrogen and oxygen atoms in total. The van der Waals surface area contributed by atoms with Crippen LogP contribution in [0.3, 0.4) is 0 Å². The molecule has 1 aromatic heterocycles. The van der Waals surface area contributed by atoms with Gasteiger partial charge in [-0.25, -0.2) is 14.4 Å². The molecule has 116 valence electrons. The normalized spacial score (nSPS) is 12.7. The number of aliphatic hydroxyl groups is 1. The second kappa shape index (κ2) is 7.66. The van der Waals surface area contributed by atoms with Crippen molar-refractivity contribution < 1.29 is 14.6 Å². The van der Waals surface area contributed by atoms with Crippen LogP contribution in [0.1, 0.15) is 31.7 Å². The summed E-state index contributed by atoms with van der Waals surface area (Å²) < 4.78 is 13.7. The highest BCUT2D eigenvalue weighted by Gasteiger charge is 2.08. The molecule has 0 spiro atoms. The predicted octanol–water partition coefficient (Wildman–Crippen LogP) is 3.55. The fourth-order valence-electron chi connectivity index (χ4n) is 2.00. The zero-order chi connectivity index (χ0) is 15.9. The Morgan fingerprint density at radius 2 is 2.00 bits per heavy atom. The zero-order valence-electron chi connectivity index (χ0n) is 12.4. The van der Waals surface area contributed by atoms with E-state index in [4.69, 9.17) is 5.11 Å². The lowest BCUT2D eigenvalue weighted by atomic mass is 10.1. The molecular weight excluding hydrogens is 283 g/mol. The van der Waals surface area contributed by atoms with Gasteiger partial charge in [0.05, 0.1) is 11.7 Å². The van der Waals surface area contributed by atoms with Gasteiger partial charge in [0.25, 0.3) is 0 Å². The van der Waals surface area contributed by atoms with Gasteiger partial charge in [0, 0.05) is 24.0 Å². The van der Waals surface area contributed by atoms with E-state index in [9.17, 15) is 9.50 Å². The number of phenols is 1. The van der Waals surface area contributed by atoms with Crippen molar-refractivity contribution >= 4 is 6.08 Å². The number of benzene rings is 1. The summed E-state index contributed by atoms with van der Waals surface area (Å²) in [5.41, 5.74) is 1.09. The molecule has 5 heteroatoms. The van der Waals surface area contributed by atoms with Gasteiger partial charge in [0.1, 0.15) is 11.6 Å². The molecular formula is C17H19FN2O2. The Morgan fingerprint density at radius 1 is 1.27 bits per heavy atom. The molecule has 0 radical (unpaired) electrons. The summed E-state index contributed by atoms with van der Waals surface area (Å²) in [4.78, 5) is 8.29. The fourth-order valence-corrected chi connectivity index (χ4v) is 2.00. The molecule has 0 saturated heterocycles. The Hall–Kier alpha value is -2.27. The van der Waals surface area contributed by atoms with Crippen molar-refractivity contribution in [3.8, 4) is 17.1 Å². The molecule has 2 N–H and O–H groups in total. The Labute approximate surface area is 129 Å². The number of unbranched alkanes of at least 4 members (excludes halogenated alkanes) is 1. The first-order chi connectivity index (χ1) is 10.6. The summed E-state index contributed by atoms with van der Waals surface area (Å²) in [7, 11) is 0. The molecule has 0 bridgehead atoms. The van der Waals surface area contributed by atoms with E-state index in [-0.39, 0.29) is 23.2 Å². The molecule has 2 aromatic rings. The number of halogens is 1. The van der Waals surface area contributed by atoms with Crippen molar-refractivity contribution in [2.24, 2.45) is 0 Å². The number of phenolic OH excluding ortho intramolecular Hbond substituents is 1. The average Bonchev–Trinajstić information content (AvgIpc) is 2.47. The van der Waals surface area contributed by atoms with Crippen LogP contribution in [-0.2, 0) is 0 Å². The van der Waals surface area contributed by atoms with Gasteiger partial charge in [-0.3, -0.25) is 0 Å².